The summed E-state index contributed by atoms with van der Waals surface area (Å²) >= 11 is 6.37. The van der Waals surface area contributed by atoms with Crippen LogP contribution in [-0.4, -0.2) is 68.3 Å². The normalized spacial score (nSPS) is 10.9. The summed E-state index contributed by atoms with van der Waals surface area (Å²) in [5.74, 6) is 1.19. The van der Waals surface area contributed by atoms with Crippen molar-refractivity contribution in [3.05, 3.63) is 64.3 Å². The first kappa shape index (κ1) is 29.2. The van der Waals surface area contributed by atoms with Crippen molar-refractivity contribution in [3.63, 3.8) is 0 Å². The Labute approximate surface area is 229 Å². The van der Waals surface area contributed by atoms with E-state index >= 15 is 0 Å². The molecule has 3 rings (SSSR count). The largest absolute Gasteiger partial charge is 0.495 e. The van der Waals surface area contributed by atoms with Gasteiger partial charge in [0.2, 0.25) is 5.95 Å². The van der Waals surface area contributed by atoms with E-state index in [2.05, 4.69) is 51.7 Å². The van der Waals surface area contributed by atoms with Crippen molar-refractivity contribution in [2.45, 2.75) is 26.7 Å². The molecule has 204 valence electrons. The Morgan fingerprint density at radius 3 is 2.63 bits per heavy atom. The number of nitrogens with one attached hydrogen (secondary N) is 3. The summed E-state index contributed by atoms with van der Waals surface area (Å²) in [6.07, 6.45) is 3.44. The van der Waals surface area contributed by atoms with E-state index in [0.29, 0.717) is 33.8 Å². The van der Waals surface area contributed by atoms with Gasteiger partial charge >= 0.3 is 0 Å². The second-order valence-corrected chi connectivity index (χ2v) is 9.32. The maximum atomic E-state index is 12.3. The molecule has 0 saturated heterocycles. The number of carbonyl (C=O) groups excluding carboxylic acids is 1. The van der Waals surface area contributed by atoms with Gasteiger partial charge in [-0.1, -0.05) is 30.7 Å². The van der Waals surface area contributed by atoms with Gasteiger partial charge in [-0.15, -0.1) is 0 Å². The molecule has 0 aliphatic rings. The lowest BCUT2D eigenvalue weighted by Crippen LogP contribution is -2.25. The van der Waals surface area contributed by atoms with E-state index in [1.165, 1.54) is 11.8 Å². The van der Waals surface area contributed by atoms with Crippen molar-refractivity contribution in [1.82, 2.24) is 20.2 Å². The van der Waals surface area contributed by atoms with Gasteiger partial charge in [0.15, 0.2) is 5.82 Å². The zero-order valence-electron chi connectivity index (χ0n) is 22.7. The number of anilines is 4. The zero-order chi connectivity index (χ0) is 27.5. The Hall–Kier alpha value is -3.40. The van der Waals surface area contributed by atoms with Crippen LogP contribution < -0.4 is 20.7 Å². The van der Waals surface area contributed by atoms with E-state index in [0.717, 1.165) is 50.4 Å². The molecular weight excluding hydrogens is 504 g/mol. The summed E-state index contributed by atoms with van der Waals surface area (Å²) in [6.45, 7) is 7.55. The van der Waals surface area contributed by atoms with E-state index < -0.39 is 0 Å². The number of likely N-dealkylation sites (N-methyl/N-ethyl adjacent to an activating group) is 1. The highest BCUT2D eigenvalue weighted by molar-refractivity contribution is 6.33. The third kappa shape index (κ3) is 8.05. The third-order valence-electron chi connectivity index (χ3n) is 6.03. The van der Waals surface area contributed by atoms with E-state index in [4.69, 9.17) is 21.1 Å². The fourth-order valence-electron chi connectivity index (χ4n) is 3.84. The Kier molecular flexibility index (Phi) is 11.1. The molecule has 0 aliphatic heterocycles. The minimum atomic E-state index is -0.215. The van der Waals surface area contributed by atoms with Crippen molar-refractivity contribution in [1.29, 1.82) is 0 Å². The summed E-state index contributed by atoms with van der Waals surface area (Å²) in [4.78, 5) is 23.4. The number of carbonyl (C=O) groups is 1. The summed E-state index contributed by atoms with van der Waals surface area (Å²) in [6, 6.07) is 11.2. The number of methoxy groups -OCH3 is 1. The Bertz CT molecular complexity index is 1220. The Balaban J connectivity index is 1.74. The molecule has 0 saturated carbocycles. The lowest BCUT2D eigenvalue weighted by Gasteiger charge is -2.19. The fourth-order valence-corrected chi connectivity index (χ4v) is 3.98. The topological polar surface area (TPSA) is 101 Å². The van der Waals surface area contributed by atoms with Crippen LogP contribution in [0.1, 0.15) is 34.8 Å². The molecule has 0 unspecified atom stereocenters. The van der Waals surface area contributed by atoms with Crippen LogP contribution in [0.25, 0.3) is 0 Å². The standard InChI is InChI=1S/C28H37ClN6O3/c1-6-14-38-15-13-35(4)12-11-20-17-25(37-5)24(16-19(20)2)33-28-31-18-22(29)26(34-28)32-23-10-8-7-9-21(23)27(36)30-3/h7-10,16-18H,6,11-15H2,1-5H3,(H,30,36)(H2,31,32,33,34). The van der Waals surface area contributed by atoms with Crippen LogP contribution in [0.15, 0.2) is 42.6 Å². The first-order valence-electron chi connectivity index (χ1n) is 12.7. The second-order valence-electron chi connectivity index (χ2n) is 8.91. The van der Waals surface area contributed by atoms with E-state index in [-0.39, 0.29) is 5.91 Å². The smallest absolute Gasteiger partial charge is 0.253 e. The molecule has 0 radical (unpaired) electrons. The zero-order valence-corrected chi connectivity index (χ0v) is 23.5. The quantitative estimate of drug-likeness (QED) is 0.240. The number of rotatable bonds is 14. The molecule has 2 aromatic carbocycles. The average molecular weight is 541 g/mol. The maximum Gasteiger partial charge on any atom is 0.253 e. The molecule has 0 bridgehead atoms. The lowest BCUT2D eigenvalue weighted by molar-refractivity contribution is 0.0964. The van der Waals surface area contributed by atoms with Crippen LogP contribution in [0.4, 0.5) is 23.1 Å². The molecule has 0 spiro atoms. The van der Waals surface area contributed by atoms with E-state index in [1.807, 2.05) is 18.2 Å². The Morgan fingerprint density at radius 1 is 1.11 bits per heavy atom. The molecule has 3 aromatic rings. The van der Waals surface area contributed by atoms with Gasteiger partial charge in [-0.05, 0) is 62.2 Å². The van der Waals surface area contributed by atoms with Crippen LogP contribution in [0, 0.1) is 6.92 Å². The van der Waals surface area contributed by atoms with Crippen molar-refractivity contribution in [3.8, 4) is 5.75 Å². The molecule has 3 N–H and O–H groups in total. The highest BCUT2D eigenvalue weighted by Gasteiger charge is 2.15. The van der Waals surface area contributed by atoms with E-state index in [9.17, 15) is 4.79 Å². The van der Waals surface area contributed by atoms with Gasteiger partial charge < -0.3 is 30.3 Å². The number of benzene rings is 2. The van der Waals surface area contributed by atoms with Gasteiger partial charge in [0.25, 0.3) is 5.91 Å². The van der Waals surface area contributed by atoms with Gasteiger partial charge in [-0.3, -0.25) is 4.79 Å². The Morgan fingerprint density at radius 2 is 1.89 bits per heavy atom. The van der Waals surface area contributed by atoms with Gasteiger partial charge in [0, 0.05) is 26.7 Å². The SMILES string of the molecule is CCCOCCN(C)CCc1cc(OC)c(Nc2ncc(Cl)c(Nc3ccccc3C(=O)NC)n2)cc1C. The number of halogens is 1. The summed E-state index contributed by atoms with van der Waals surface area (Å²) in [5, 5.41) is 9.36. The minimum Gasteiger partial charge on any atom is -0.495 e. The highest BCUT2D eigenvalue weighted by atomic mass is 35.5. The van der Waals surface area contributed by atoms with Gasteiger partial charge in [-0.25, -0.2) is 4.98 Å². The number of aryl methyl sites for hydroxylation is 1. The highest BCUT2D eigenvalue weighted by Crippen LogP contribution is 2.32. The molecule has 0 atom stereocenters. The minimum absolute atomic E-state index is 0.215. The number of nitrogens with zero attached hydrogens (tertiary/aromatic N) is 3. The molecule has 1 heterocycles. The van der Waals surface area contributed by atoms with Gasteiger partial charge in [0.05, 0.1) is 36.9 Å². The number of amides is 1. The number of hydrogen-bond donors (Lipinski definition) is 3. The van der Waals surface area contributed by atoms with Crippen LogP contribution in [-0.2, 0) is 11.2 Å². The van der Waals surface area contributed by atoms with Gasteiger partial charge in [0.1, 0.15) is 10.8 Å². The van der Waals surface area contributed by atoms with Gasteiger partial charge in [-0.2, -0.15) is 4.98 Å². The van der Waals surface area contributed by atoms with Crippen molar-refractivity contribution in [2.75, 3.05) is 58.1 Å². The molecule has 0 fully saturated rings. The molecule has 1 aromatic heterocycles. The maximum absolute atomic E-state index is 12.3. The predicted molar refractivity (Wildman–Crippen MR) is 153 cm³/mol. The molecule has 9 nitrogen and oxygen atoms in total. The van der Waals surface area contributed by atoms with Crippen LogP contribution in [0.5, 0.6) is 5.75 Å². The van der Waals surface area contributed by atoms with Crippen LogP contribution in [0.3, 0.4) is 0 Å². The molecular formula is C28H37ClN6O3. The van der Waals surface area contributed by atoms with Crippen LogP contribution >= 0.6 is 11.6 Å². The first-order valence-corrected chi connectivity index (χ1v) is 13.1. The predicted octanol–water partition coefficient (Wildman–Crippen LogP) is 5.19. The third-order valence-corrected chi connectivity index (χ3v) is 6.31. The average Bonchev–Trinajstić information content (AvgIpc) is 2.92. The van der Waals surface area contributed by atoms with Crippen molar-refractivity contribution < 1.29 is 14.3 Å². The molecule has 38 heavy (non-hydrogen) atoms. The summed E-state index contributed by atoms with van der Waals surface area (Å²) < 4.78 is 11.3. The molecule has 0 aliphatic carbocycles. The summed E-state index contributed by atoms with van der Waals surface area (Å²) in [7, 11) is 5.33. The lowest BCUT2D eigenvalue weighted by atomic mass is 10.0. The van der Waals surface area contributed by atoms with Crippen molar-refractivity contribution in [2.24, 2.45) is 0 Å². The number of aromatic nitrogens is 2. The molecule has 10 heteroatoms. The number of hydrogen-bond acceptors (Lipinski definition) is 8. The van der Waals surface area contributed by atoms with Crippen molar-refractivity contribution >= 4 is 40.6 Å². The number of ether oxygens (including phenoxy) is 2. The van der Waals surface area contributed by atoms with E-state index in [1.54, 1.807) is 32.4 Å². The first-order chi connectivity index (χ1) is 18.4. The summed E-state index contributed by atoms with van der Waals surface area (Å²) in [5.41, 5.74) is 4.15. The monoisotopic (exact) mass is 540 g/mol. The number of para-hydroxylation sites is 1. The second kappa shape index (κ2) is 14.5. The fraction of sp³-hybridized carbons (Fsp3) is 0.393. The van der Waals surface area contributed by atoms with Crippen LogP contribution in [0.2, 0.25) is 5.02 Å². The molecule has 1 amide bonds.